The molecule has 0 saturated heterocycles. The van der Waals surface area contributed by atoms with Crippen LogP contribution in [0.1, 0.15) is 81.0 Å². The van der Waals surface area contributed by atoms with Crippen molar-refractivity contribution in [3.8, 4) is 22.8 Å². The summed E-state index contributed by atoms with van der Waals surface area (Å²) in [6, 6.07) is 11.9. The quantitative estimate of drug-likeness (QED) is 0.253. The third-order valence-electron chi connectivity index (χ3n) is 9.65. The molecular weight excluding hydrogens is 541 g/mol. The molecule has 3 aliphatic rings. The molecular formula is C34H37ClFNO4. The first-order valence-electron chi connectivity index (χ1n) is 14.6. The molecule has 5 nitrogen and oxygen atoms in total. The molecule has 3 aliphatic carbocycles. The van der Waals surface area contributed by atoms with E-state index < -0.39 is 5.41 Å². The number of hydrogen-bond donors (Lipinski definition) is 0. The lowest BCUT2D eigenvalue weighted by molar-refractivity contribution is -0.145. The van der Waals surface area contributed by atoms with Gasteiger partial charge in [0.1, 0.15) is 6.61 Å². The van der Waals surface area contributed by atoms with Gasteiger partial charge in [0.25, 0.3) is 0 Å². The lowest BCUT2D eigenvalue weighted by Crippen LogP contribution is -2.17. The Morgan fingerprint density at radius 3 is 2.71 bits per heavy atom. The highest BCUT2D eigenvalue weighted by molar-refractivity contribution is 6.33. The number of carbonyl (C=O) groups is 1. The standard InChI is InChI=1S/C34H37ClFNO4/c1-5-40-32(38)26-17-34(26)14-12-21-9-11-28(31(36)30(21)34)41-19-20-8-10-22(24-16-29(39-4)37-18-27(24)35)23(15-20)25-7-6-13-33(25,2)3/h8-11,15-16,18,25-26H,5-7,12-14,17,19H2,1-4H3/t25-,26?,34?/m0/s1. The van der Waals surface area contributed by atoms with Crippen LogP contribution in [0.3, 0.4) is 0 Å². The first kappa shape index (κ1) is 28.0. The minimum atomic E-state index is -0.446. The molecule has 0 amide bonds. The molecule has 1 spiro atoms. The van der Waals surface area contributed by atoms with E-state index in [9.17, 15) is 4.79 Å². The SMILES string of the molecule is CCOC(=O)C1CC12CCc1ccc(OCc3ccc(-c4cc(OC)ncc4Cl)c([C@@H]4CCCC4(C)C)c3)c(F)c12. The largest absolute Gasteiger partial charge is 0.486 e. The number of benzene rings is 2. The summed E-state index contributed by atoms with van der Waals surface area (Å²) in [5.41, 5.74) is 5.44. The fourth-order valence-corrected chi connectivity index (χ4v) is 7.59. The number of carbonyl (C=O) groups excluding carboxylic acids is 1. The molecule has 6 rings (SSSR count). The summed E-state index contributed by atoms with van der Waals surface area (Å²) in [6.45, 7) is 7.02. The average Bonchev–Trinajstić information content (AvgIpc) is 3.40. The Labute approximate surface area is 246 Å². The van der Waals surface area contributed by atoms with Crippen molar-refractivity contribution in [2.24, 2.45) is 11.3 Å². The Hall–Kier alpha value is -3.12. The second kappa shape index (κ2) is 10.6. The number of ether oxygens (including phenoxy) is 3. The number of pyridine rings is 1. The maximum atomic E-state index is 16.0. The Kier molecular flexibility index (Phi) is 7.25. The number of esters is 1. The molecule has 7 heteroatoms. The molecule has 0 N–H and O–H groups in total. The van der Waals surface area contributed by atoms with Crippen LogP contribution >= 0.6 is 11.6 Å². The Morgan fingerprint density at radius 2 is 1.98 bits per heavy atom. The van der Waals surface area contributed by atoms with Crippen LogP contribution in [0.5, 0.6) is 11.6 Å². The summed E-state index contributed by atoms with van der Waals surface area (Å²) in [4.78, 5) is 16.7. The van der Waals surface area contributed by atoms with Crippen LogP contribution in [0, 0.1) is 17.2 Å². The van der Waals surface area contributed by atoms with E-state index >= 15 is 4.39 Å². The smallest absolute Gasteiger partial charge is 0.309 e. The van der Waals surface area contributed by atoms with Gasteiger partial charge in [0, 0.05) is 22.6 Å². The van der Waals surface area contributed by atoms with Gasteiger partial charge in [-0.2, -0.15) is 0 Å². The number of halogens is 2. The number of aryl methyl sites for hydroxylation is 1. The first-order valence-corrected chi connectivity index (χ1v) is 15.0. The number of fused-ring (bicyclic) bond motifs is 2. The van der Waals surface area contributed by atoms with Crippen molar-refractivity contribution in [1.29, 1.82) is 0 Å². The maximum absolute atomic E-state index is 16.0. The van der Waals surface area contributed by atoms with Crippen LogP contribution in [0.2, 0.25) is 5.02 Å². The van der Waals surface area contributed by atoms with Crippen LogP contribution in [-0.4, -0.2) is 24.7 Å². The van der Waals surface area contributed by atoms with Crippen LogP contribution in [0.25, 0.3) is 11.1 Å². The molecule has 0 aliphatic heterocycles. The topological polar surface area (TPSA) is 57.7 Å². The average molecular weight is 578 g/mol. The summed E-state index contributed by atoms with van der Waals surface area (Å²) in [6.07, 6.45) is 7.23. The highest BCUT2D eigenvalue weighted by Crippen LogP contribution is 2.63. The molecule has 1 heterocycles. The second-order valence-electron chi connectivity index (χ2n) is 12.4. The van der Waals surface area contributed by atoms with Crippen LogP contribution in [0.4, 0.5) is 4.39 Å². The molecule has 2 aromatic carbocycles. The fourth-order valence-electron chi connectivity index (χ4n) is 7.38. The molecule has 41 heavy (non-hydrogen) atoms. The van der Waals surface area contributed by atoms with E-state index in [0.29, 0.717) is 35.4 Å². The molecule has 1 aromatic heterocycles. The van der Waals surface area contributed by atoms with Crippen molar-refractivity contribution in [2.45, 2.75) is 77.2 Å². The van der Waals surface area contributed by atoms with Gasteiger partial charge in [-0.25, -0.2) is 9.37 Å². The van der Waals surface area contributed by atoms with Crippen molar-refractivity contribution in [3.05, 3.63) is 75.7 Å². The lowest BCUT2D eigenvalue weighted by Gasteiger charge is -2.30. The molecule has 0 radical (unpaired) electrons. The van der Waals surface area contributed by atoms with E-state index in [4.69, 9.17) is 25.8 Å². The van der Waals surface area contributed by atoms with E-state index in [0.717, 1.165) is 47.9 Å². The monoisotopic (exact) mass is 577 g/mol. The fraction of sp³-hybridized carbons (Fsp3) is 0.471. The predicted molar refractivity (Wildman–Crippen MR) is 157 cm³/mol. The van der Waals surface area contributed by atoms with Crippen molar-refractivity contribution in [3.63, 3.8) is 0 Å². The second-order valence-corrected chi connectivity index (χ2v) is 12.8. The van der Waals surface area contributed by atoms with Crippen molar-refractivity contribution >= 4 is 17.6 Å². The molecule has 2 unspecified atom stereocenters. The van der Waals surface area contributed by atoms with Gasteiger partial charge in [-0.15, -0.1) is 0 Å². The van der Waals surface area contributed by atoms with E-state index in [1.54, 1.807) is 26.3 Å². The number of methoxy groups -OCH3 is 1. The summed E-state index contributed by atoms with van der Waals surface area (Å²) in [5, 5.41) is 0.571. The Balaban J connectivity index is 1.30. The van der Waals surface area contributed by atoms with E-state index in [2.05, 4.69) is 31.0 Å². The van der Waals surface area contributed by atoms with Gasteiger partial charge in [0.15, 0.2) is 11.6 Å². The third kappa shape index (κ3) is 4.88. The zero-order valence-corrected chi connectivity index (χ0v) is 24.9. The number of nitrogens with zero attached hydrogens (tertiary/aromatic N) is 1. The van der Waals surface area contributed by atoms with E-state index in [1.807, 2.05) is 18.2 Å². The summed E-state index contributed by atoms with van der Waals surface area (Å²) in [5.74, 6) is 0.264. The number of aromatic nitrogens is 1. The minimum Gasteiger partial charge on any atom is -0.486 e. The highest BCUT2D eigenvalue weighted by atomic mass is 35.5. The van der Waals surface area contributed by atoms with Crippen molar-refractivity contribution in [1.82, 2.24) is 4.98 Å². The van der Waals surface area contributed by atoms with Crippen LogP contribution in [0.15, 0.2) is 42.6 Å². The van der Waals surface area contributed by atoms with Crippen LogP contribution < -0.4 is 9.47 Å². The van der Waals surface area contributed by atoms with E-state index in [1.165, 1.54) is 12.0 Å². The van der Waals surface area contributed by atoms with Gasteiger partial charge in [-0.1, -0.05) is 56.1 Å². The normalized spacial score (nSPS) is 23.9. The van der Waals surface area contributed by atoms with Crippen molar-refractivity contribution in [2.75, 3.05) is 13.7 Å². The van der Waals surface area contributed by atoms with E-state index in [-0.39, 0.29) is 35.5 Å². The van der Waals surface area contributed by atoms with Gasteiger partial charge in [0.05, 0.1) is 30.9 Å². The zero-order chi connectivity index (χ0) is 28.9. The van der Waals surface area contributed by atoms with Gasteiger partial charge in [-0.05, 0) is 78.7 Å². The zero-order valence-electron chi connectivity index (χ0n) is 24.2. The maximum Gasteiger partial charge on any atom is 0.309 e. The molecule has 216 valence electrons. The van der Waals surface area contributed by atoms with Gasteiger partial charge in [0.2, 0.25) is 5.88 Å². The van der Waals surface area contributed by atoms with Crippen LogP contribution in [-0.2, 0) is 28.0 Å². The molecule has 0 bridgehead atoms. The first-order chi connectivity index (χ1) is 19.7. The Bertz CT molecular complexity index is 1500. The molecule has 2 fully saturated rings. The van der Waals surface area contributed by atoms with Gasteiger partial charge < -0.3 is 14.2 Å². The minimum absolute atomic E-state index is 0.137. The highest BCUT2D eigenvalue weighted by Gasteiger charge is 2.63. The molecule has 2 saturated carbocycles. The van der Waals surface area contributed by atoms with Gasteiger partial charge >= 0.3 is 5.97 Å². The summed E-state index contributed by atoms with van der Waals surface area (Å²) >= 11 is 6.64. The van der Waals surface area contributed by atoms with Gasteiger partial charge in [-0.3, -0.25) is 4.79 Å². The Morgan fingerprint density at radius 1 is 1.15 bits per heavy atom. The number of hydrogen-bond acceptors (Lipinski definition) is 5. The lowest BCUT2D eigenvalue weighted by atomic mass is 9.75. The third-order valence-corrected chi connectivity index (χ3v) is 9.95. The summed E-state index contributed by atoms with van der Waals surface area (Å²) < 4.78 is 32.7. The van der Waals surface area contributed by atoms with Crippen molar-refractivity contribution < 1.29 is 23.4 Å². The number of rotatable bonds is 8. The summed E-state index contributed by atoms with van der Waals surface area (Å²) in [7, 11) is 1.60. The predicted octanol–water partition coefficient (Wildman–Crippen LogP) is 8.19. The molecule has 3 aromatic rings. The molecule has 3 atom stereocenters.